The average molecular weight is 357 g/mol. The zero-order valence-electron chi connectivity index (χ0n) is 13.8. The Kier molecular flexibility index (Phi) is 4.34. The molecule has 0 radical (unpaired) electrons. The molecular weight excluding hydrogens is 341 g/mol. The molecule has 9 heteroatoms. The van der Waals surface area contributed by atoms with Gasteiger partial charge in [-0.3, -0.25) is 9.89 Å². The highest BCUT2D eigenvalue weighted by Gasteiger charge is 2.27. The van der Waals surface area contributed by atoms with Crippen molar-refractivity contribution in [2.24, 2.45) is 0 Å². The fourth-order valence-corrected chi connectivity index (χ4v) is 2.88. The molecule has 1 aliphatic rings. The van der Waals surface area contributed by atoms with Crippen LogP contribution in [0.3, 0.4) is 0 Å². The van der Waals surface area contributed by atoms with Gasteiger partial charge in [-0.2, -0.15) is 5.10 Å². The molecule has 0 aliphatic carbocycles. The third-order valence-electron chi connectivity index (χ3n) is 4.12. The number of nitrogens with zero attached hydrogens (tertiary/aromatic N) is 4. The molecular formula is C17H16FN5O3. The number of H-pyrrole nitrogens is 1. The number of carbonyl (C=O) groups is 1. The lowest BCUT2D eigenvalue weighted by atomic mass is 10.1. The number of hydrogen-bond acceptors (Lipinski definition) is 6. The molecule has 134 valence electrons. The van der Waals surface area contributed by atoms with Crippen LogP contribution >= 0.6 is 0 Å². The second kappa shape index (κ2) is 6.95. The number of halogens is 1. The van der Waals surface area contributed by atoms with Gasteiger partial charge < -0.3 is 14.1 Å². The van der Waals surface area contributed by atoms with Crippen molar-refractivity contribution in [3.8, 4) is 17.5 Å². The van der Waals surface area contributed by atoms with E-state index in [-0.39, 0.29) is 18.0 Å². The molecule has 4 heterocycles. The highest BCUT2D eigenvalue weighted by molar-refractivity contribution is 5.93. The Bertz CT molecular complexity index is 878. The van der Waals surface area contributed by atoms with Crippen LogP contribution < -0.4 is 4.74 Å². The molecule has 3 aromatic heterocycles. The molecule has 1 atom stereocenters. The van der Waals surface area contributed by atoms with Crippen molar-refractivity contribution in [2.75, 3.05) is 13.1 Å². The van der Waals surface area contributed by atoms with Crippen molar-refractivity contribution in [1.82, 2.24) is 25.1 Å². The number of aromatic nitrogens is 4. The first-order valence-corrected chi connectivity index (χ1v) is 8.22. The third kappa shape index (κ3) is 3.41. The summed E-state index contributed by atoms with van der Waals surface area (Å²) >= 11 is 0. The molecule has 1 N–H and O–H groups in total. The number of nitrogens with one attached hydrogen (secondary N) is 1. The molecule has 0 bridgehead atoms. The number of furan rings is 1. The number of carbonyl (C=O) groups excluding carboxylic acids is 1. The number of likely N-dealkylation sites (tertiary alicyclic amines) is 1. The first kappa shape index (κ1) is 16.2. The number of rotatable bonds is 4. The Morgan fingerprint density at radius 2 is 2.23 bits per heavy atom. The topological polar surface area (TPSA) is 97.1 Å². The average Bonchev–Trinajstić information content (AvgIpc) is 3.35. The minimum Gasteiger partial charge on any atom is -0.463 e. The molecule has 8 nitrogen and oxygen atoms in total. The quantitative estimate of drug-likeness (QED) is 0.769. The zero-order chi connectivity index (χ0) is 17.9. The number of amides is 1. The molecule has 0 aromatic carbocycles. The van der Waals surface area contributed by atoms with Crippen LogP contribution in [-0.2, 0) is 0 Å². The fraction of sp³-hybridized carbons (Fsp3) is 0.294. The van der Waals surface area contributed by atoms with Crippen LogP contribution in [0.5, 0.6) is 6.01 Å². The van der Waals surface area contributed by atoms with E-state index in [0.29, 0.717) is 30.2 Å². The molecule has 1 fully saturated rings. The lowest BCUT2D eigenvalue weighted by Crippen LogP contribution is -2.44. The van der Waals surface area contributed by atoms with Gasteiger partial charge in [0.15, 0.2) is 17.3 Å². The molecule has 4 rings (SSSR count). The monoisotopic (exact) mass is 357 g/mol. The van der Waals surface area contributed by atoms with Crippen molar-refractivity contribution in [1.29, 1.82) is 0 Å². The molecule has 1 aliphatic heterocycles. The minimum atomic E-state index is -0.524. The summed E-state index contributed by atoms with van der Waals surface area (Å²) in [5, 5.41) is 6.89. The fourth-order valence-electron chi connectivity index (χ4n) is 2.88. The molecule has 26 heavy (non-hydrogen) atoms. The van der Waals surface area contributed by atoms with Gasteiger partial charge in [0.25, 0.3) is 5.91 Å². The summed E-state index contributed by atoms with van der Waals surface area (Å²) in [4.78, 5) is 22.0. The van der Waals surface area contributed by atoms with Gasteiger partial charge in [-0.05, 0) is 25.0 Å². The Morgan fingerprint density at radius 3 is 3.00 bits per heavy atom. The Morgan fingerprint density at radius 1 is 1.38 bits per heavy atom. The summed E-state index contributed by atoms with van der Waals surface area (Å²) in [7, 11) is 0. The third-order valence-corrected chi connectivity index (χ3v) is 4.12. The van der Waals surface area contributed by atoms with E-state index in [0.717, 1.165) is 25.2 Å². The molecule has 1 amide bonds. The maximum atomic E-state index is 12.9. The number of aromatic amines is 1. The number of piperidine rings is 1. The van der Waals surface area contributed by atoms with E-state index in [1.165, 1.54) is 0 Å². The van der Waals surface area contributed by atoms with E-state index in [1.807, 2.05) is 0 Å². The lowest BCUT2D eigenvalue weighted by Gasteiger charge is -2.31. The smallest absolute Gasteiger partial charge is 0.316 e. The van der Waals surface area contributed by atoms with E-state index in [9.17, 15) is 9.18 Å². The van der Waals surface area contributed by atoms with Crippen LogP contribution in [0.1, 0.15) is 23.3 Å². The van der Waals surface area contributed by atoms with E-state index in [4.69, 9.17) is 9.15 Å². The first-order chi connectivity index (χ1) is 12.7. The molecule has 3 aromatic rings. The molecule has 0 saturated carbocycles. The van der Waals surface area contributed by atoms with Gasteiger partial charge in [0.2, 0.25) is 0 Å². The predicted molar refractivity (Wildman–Crippen MR) is 87.8 cm³/mol. The second-order valence-corrected chi connectivity index (χ2v) is 5.96. The van der Waals surface area contributed by atoms with Gasteiger partial charge in [0.1, 0.15) is 11.8 Å². The summed E-state index contributed by atoms with van der Waals surface area (Å²) in [6, 6.07) is 5.32. The van der Waals surface area contributed by atoms with Crippen LogP contribution in [-0.4, -0.2) is 50.2 Å². The molecule has 1 saturated heterocycles. The number of ether oxygens (including phenoxy) is 1. The lowest BCUT2D eigenvalue weighted by molar-refractivity contribution is 0.0510. The van der Waals surface area contributed by atoms with Crippen molar-refractivity contribution < 1.29 is 18.3 Å². The van der Waals surface area contributed by atoms with Gasteiger partial charge in [-0.25, -0.2) is 14.4 Å². The van der Waals surface area contributed by atoms with Gasteiger partial charge >= 0.3 is 6.01 Å². The van der Waals surface area contributed by atoms with Crippen molar-refractivity contribution in [3.05, 3.63) is 48.4 Å². The van der Waals surface area contributed by atoms with Crippen molar-refractivity contribution in [2.45, 2.75) is 18.9 Å². The van der Waals surface area contributed by atoms with Crippen LogP contribution in [0, 0.1) is 5.82 Å². The van der Waals surface area contributed by atoms with Crippen LogP contribution in [0.2, 0.25) is 0 Å². The summed E-state index contributed by atoms with van der Waals surface area (Å²) in [6.07, 6.45) is 4.96. The van der Waals surface area contributed by atoms with Crippen molar-refractivity contribution in [3.63, 3.8) is 0 Å². The van der Waals surface area contributed by atoms with Gasteiger partial charge in [0.05, 0.1) is 25.2 Å². The summed E-state index contributed by atoms with van der Waals surface area (Å²) < 4.78 is 23.8. The zero-order valence-corrected chi connectivity index (χ0v) is 13.8. The Hall–Kier alpha value is -3.23. The van der Waals surface area contributed by atoms with E-state index >= 15 is 0 Å². The van der Waals surface area contributed by atoms with E-state index in [2.05, 4.69) is 20.2 Å². The summed E-state index contributed by atoms with van der Waals surface area (Å²) in [5.74, 6) is -0.0964. The normalized spacial score (nSPS) is 17.3. The maximum absolute atomic E-state index is 12.9. The van der Waals surface area contributed by atoms with Crippen molar-refractivity contribution >= 4 is 5.91 Å². The highest BCUT2D eigenvalue weighted by Crippen LogP contribution is 2.21. The van der Waals surface area contributed by atoms with Gasteiger partial charge in [-0.1, -0.05) is 0 Å². The Balaban J connectivity index is 1.42. The highest BCUT2D eigenvalue weighted by atomic mass is 19.1. The van der Waals surface area contributed by atoms with Gasteiger partial charge in [-0.15, -0.1) is 0 Å². The van der Waals surface area contributed by atoms with E-state index in [1.54, 1.807) is 29.4 Å². The summed E-state index contributed by atoms with van der Waals surface area (Å²) in [5.41, 5.74) is 0.956. The first-order valence-electron chi connectivity index (χ1n) is 8.22. The standard InChI is InChI=1S/C17H16FN5O3/c18-11-8-19-17(20-9-11)26-12-3-1-5-23(10-12)16(24)14-7-13(21-22-14)15-4-2-6-25-15/h2,4,6-9,12H,1,3,5,10H2,(H,21,22). The predicted octanol–water partition coefficient (Wildman–Crippen LogP) is 2.28. The van der Waals surface area contributed by atoms with Crippen LogP contribution in [0.15, 0.2) is 41.3 Å². The van der Waals surface area contributed by atoms with E-state index < -0.39 is 5.82 Å². The second-order valence-electron chi connectivity index (χ2n) is 5.96. The minimum absolute atomic E-state index is 0.102. The summed E-state index contributed by atoms with van der Waals surface area (Å²) in [6.45, 7) is 1.01. The largest absolute Gasteiger partial charge is 0.463 e. The SMILES string of the molecule is O=C(c1cc(-c2ccco2)[nH]n1)N1CCCC(Oc2ncc(F)cn2)C1. The molecule has 0 spiro atoms. The Labute approximate surface area is 148 Å². The molecule has 1 unspecified atom stereocenters. The van der Waals surface area contributed by atoms with Crippen LogP contribution in [0.4, 0.5) is 4.39 Å². The maximum Gasteiger partial charge on any atom is 0.316 e. The van der Waals surface area contributed by atoms with Crippen LogP contribution in [0.25, 0.3) is 11.5 Å². The number of hydrogen-bond donors (Lipinski definition) is 1. The van der Waals surface area contributed by atoms with Gasteiger partial charge in [0, 0.05) is 12.6 Å².